The summed E-state index contributed by atoms with van der Waals surface area (Å²) in [5, 5.41) is 0. The van der Waals surface area contributed by atoms with Crippen LogP contribution in [-0.4, -0.2) is 0 Å². The van der Waals surface area contributed by atoms with Gasteiger partial charge in [0.2, 0.25) is 0 Å². The summed E-state index contributed by atoms with van der Waals surface area (Å²) in [6, 6.07) is 14.2. The molecule has 0 amide bonds. The number of hydrogen-bond acceptors (Lipinski definition) is 2. The van der Waals surface area contributed by atoms with Gasteiger partial charge < -0.3 is 0 Å². The lowest BCUT2D eigenvalue weighted by molar-refractivity contribution is 1.19. The molecule has 2 heteroatoms. The van der Waals surface area contributed by atoms with Crippen LogP contribution in [0.5, 0.6) is 0 Å². The van der Waals surface area contributed by atoms with Crippen molar-refractivity contribution < 1.29 is 0 Å². The zero-order valence-electron chi connectivity index (χ0n) is 17.1. The Morgan fingerprint density at radius 1 is 0.733 bits per heavy atom. The minimum Gasteiger partial charge on any atom is -0.132 e. The molecule has 0 saturated carbocycles. The number of aryl methyl sites for hydroxylation is 2. The van der Waals surface area contributed by atoms with E-state index in [0.717, 1.165) is 39.3 Å². The lowest BCUT2D eigenvalue weighted by atomic mass is 10.0. The first kappa shape index (κ1) is 21.3. The summed E-state index contributed by atoms with van der Waals surface area (Å²) in [7, 11) is 0. The van der Waals surface area contributed by atoms with Crippen molar-refractivity contribution in [1.29, 1.82) is 0 Å². The smallest absolute Gasteiger partial charge is 0.0781 e. The predicted molar refractivity (Wildman–Crippen MR) is 131 cm³/mol. The maximum atomic E-state index is 3.89. The first-order valence-corrected chi connectivity index (χ1v) is 11.3. The summed E-state index contributed by atoms with van der Waals surface area (Å²) >= 11 is 3.43. The highest BCUT2D eigenvalue weighted by atomic mass is 32.1. The van der Waals surface area contributed by atoms with Crippen LogP contribution in [0.1, 0.15) is 50.0 Å². The van der Waals surface area contributed by atoms with Crippen molar-refractivity contribution in [1.82, 2.24) is 0 Å². The molecule has 0 nitrogen and oxygen atoms in total. The summed E-state index contributed by atoms with van der Waals surface area (Å²) in [5.74, 6) is 24.1. The molecular weight excluding hydrogens is 400 g/mol. The van der Waals surface area contributed by atoms with E-state index < -0.39 is 0 Å². The second kappa shape index (κ2) is 11.0. The monoisotopic (exact) mass is 420 g/mol. The molecule has 0 N–H and O–H groups in total. The van der Waals surface area contributed by atoms with E-state index in [0.29, 0.717) is 0 Å². The molecule has 0 atom stereocenters. The van der Waals surface area contributed by atoms with Crippen molar-refractivity contribution in [2.75, 3.05) is 0 Å². The van der Waals surface area contributed by atoms with Crippen LogP contribution in [0.3, 0.4) is 0 Å². The summed E-state index contributed by atoms with van der Waals surface area (Å²) in [5.41, 5.74) is 2.73. The minimum atomic E-state index is 0.891. The molecule has 2 aromatic heterocycles. The average molecular weight is 421 g/mol. The van der Waals surface area contributed by atoms with Gasteiger partial charge in [-0.15, -0.1) is 22.7 Å². The fourth-order valence-corrected chi connectivity index (χ4v) is 4.18. The predicted octanol–water partition coefficient (Wildman–Crippen LogP) is 6.38. The Labute approximate surface area is 187 Å². The topological polar surface area (TPSA) is 0 Å². The van der Waals surface area contributed by atoms with Gasteiger partial charge in [-0.25, -0.2) is 0 Å². The normalized spacial score (nSPS) is 9.00. The molecule has 0 bridgehead atoms. The van der Waals surface area contributed by atoms with E-state index in [9.17, 15) is 0 Å². The number of benzene rings is 1. The minimum absolute atomic E-state index is 0.891. The fraction of sp³-hybridized carbons (Fsp3) is 0.143. The molecule has 3 aromatic rings. The molecule has 3 rings (SSSR count). The van der Waals surface area contributed by atoms with E-state index in [1.165, 1.54) is 9.75 Å². The SMILES string of the molecule is C=Cc1cc(C#CC#Cc2ccc(CC)s2)ccc1C#CC#Cc1ccc(CC)s1. The van der Waals surface area contributed by atoms with E-state index >= 15 is 0 Å². The molecule has 0 spiro atoms. The largest absolute Gasteiger partial charge is 0.132 e. The Kier molecular flexibility index (Phi) is 7.78. The van der Waals surface area contributed by atoms with E-state index in [1.807, 2.05) is 30.3 Å². The Hall–Kier alpha value is -3.40. The summed E-state index contributed by atoms with van der Waals surface area (Å²) < 4.78 is 0. The van der Waals surface area contributed by atoms with Crippen LogP contribution >= 0.6 is 22.7 Å². The molecule has 30 heavy (non-hydrogen) atoms. The van der Waals surface area contributed by atoms with Gasteiger partial charge in [-0.3, -0.25) is 0 Å². The van der Waals surface area contributed by atoms with E-state index in [4.69, 9.17) is 0 Å². The Balaban J connectivity index is 1.71. The zero-order valence-corrected chi connectivity index (χ0v) is 18.7. The van der Waals surface area contributed by atoms with Gasteiger partial charge in [-0.1, -0.05) is 38.3 Å². The number of hydrogen-bond donors (Lipinski definition) is 0. The fourth-order valence-electron chi connectivity index (χ4n) is 2.58. The van der Waals surface area contributed by atoms with Gasteiger partial charge in [0.25, 0.3) is 0 Å². The molecule has 0 unspecified atom stereocenters. The van der Waals surface area contributed by atoms with Gasteiger partial charge in [0.1, 0.15) is 0 Å². The van der Waals surface area contributed by atoms with Gasteiger partial charge >= 0.3 is 0 Å². The van der Waals surface area contributed by atoms with Crippen molar-refractivity contribution >= 4 is 28.7 Å². The van der Waals surface area contributed by atoms with Gasteiger partial charge in [-0.2, -0.15) is 0 Å². The van der Waals surface area contributed by atoms with Crippen LogP contribution in [-0.2, 0) is 12.8 Å². The summed E-state index contributed by atoms with van der Waals surface area (Å²) in [6.45, 7) is 8.18. The Bertz CT molecular complexity index is 1300. The van der Waals surface area contributed by atoms with Crippen molar-refractivity contribution in [2.24, 2.45) is 0 Å². The molecule has 2 heterocycles. The molecule has 0 fully saturated rings. The maximum absolute atomic E-state index is 3.89. The highest BCUT2D eigenvalue weighted by Crippen LogP contribution is 2.16. The third-order valence-electron chi connectivity index (χ3n) is 4.19. The first-order valence-electron chi connectivity index (χ1n) is 9.69. The molecule has 0 aliphatic carbocycles. The van der Waals surface area contributed by atoms with Gasteiger partial charge in [0.05, 0.1) is 9.75 Å². The van der Waals surface area contributed by atoms with E-state index in [2.05, 4.69) is 79.9 Å². The molecule has 0 aliphatic heterocycles. The van der Waals surface area contributed by atoms with Crippen molar-refractivity contribution in [3.63, 3.8) is 0 Å². The van der Waals surface area contributed by atoms with Crippen LogP contribution in [0.2, 0.25) is 0 Å². The Morgan fingerprint density at radius 3 is 1.83 bits per heavy atom. The third-order valence-corrected chi connectivity index (χ3v) is 6.48. The van der Waals surface area contributed by atoms with Gasteiger partial charge in [0, 0.05) is 20.9 Å². The van der Waals surface area contributed by atoms with Crippen LogP contribution in [0.25, 0.3) is 6.08 Å². The zero-order chi connectivity index (χ0) is 21.2. The first-order chi connectivity index (χ1) is 14.7. The maximum Gasteiger partial charge on any atom is 0.0781 e. The third kappa shape index (κ3) is 6.05. The Morgan fingerprint density at radius 2 is 1.30 bits per heavy atom. The summed E-state index contributed by atoms with van der Waals surface area (Å²) in [4.78, 5) is 4.77. The molecule has 1 aromatic carbocycles. The molecule has 0 radical (unpaired) electrons. The molecule has 0 aliphatic rings. The van der Waals surface area contributed by atoms with Crippen molar-refractivity contribution in [3.8, 4) is 47.4 Å². The van der Waals surface area contributed by atoms with Crippen LogP contribution in [0.15, 0.2) is 49.0 Å². The summed E-state index contributed by atoms with van der Waals surface area (Å²) in [6.07, 6.45) is 3.87. The van der Waals surface area contributed by atoms with Crippen LogP contribution in [0.4, 0.5) is 0 Å². The van der Waals surface area contributed by atoms with Crippen LogP contribution in [0, 0.1) is 47.4 Å². The second-order valence-electron chi connectivity index (χ2n) is 6.25. The van der Waals surface area contributed by atoms with Crippen LogP contribution < -0.4 is 0 Å². The van der Waals surface area contributed by atoms with Gasteiger partial charge in [0.15, 0.2) is 0 Å². The van der Waals surface area contributed by atoms with Crippen molar-refractivity contribution in [3.05, 3.63) is 85.2 Å². The van der Waals surface area contributed by atoms with Gasteiger partial charge in [-0.05, 0) is 96.4 Å². The van der Waals surface area contributed by atoms with Crippen molar-refractivity contribution in [2.45, 2.75) is 26.7 Å². The molecular formula is C28H20S2. The standard InChI is InChI=1S/C28H20S2/c1-4-23-21-22(11-7-9-13-27-19-17-25(5-2)29-27)15-16-24(23)12-8-10-14-28-20-18-26(6-3)30-28/h4,15-21H,1,5-6H2,2-3H3. The lowest BCUT2D eigenvalue weighted by Crippen LogP contribution is -1.84. The highest BCUT2D eigenvalue weighted by Gasteiger charge is 1.97. The van der Waals surface area contributed by atoms with E-state index in [1.54, 1.807) is 28.7 Å². The number of thiophene rings is 2. The highest BCUT2D eigenvalue weighted by molar-refractivity contribution is 7.12. The second-order valence-corrected chi connectivity index (χ2v) is 8.58. The molecule has 144 valence electrons. The number of rotatable bonds is 3. The van der Waals surface area contributed by atoms with E-state index in [-0.39, 0.29) is 0 Å². The quantitative estimate of drug-likeness (QED) is 0.431. The average Bonchev–Trinajstić information content (AvgIpc) is 3.44. The molecule has 0 saturated heterocycles. The lowest BCUT2D eigenvalue weighted by Gasteiger charge is -1.98.